The largest absolute Gasteiger partial charge is 0.377 e. The molecule has 19 heavy (non-hydrogen) atoms. The van der Waals surface area contributed by atoms with Crippen molar-refractivity contribution in [2.24, 2.45) is 5.92 Å². The zero-order chi connectivity index (χ0) is 13.7. The van der Waals surface area contributed by atoms with Gasteiger partial charge in [-0.1, -0.05) is 6.92 Å². The third-order valence-corrected chi connectivity index (χ3v) is 3.85. The van der Waals surface area contributed by atoms with E-state index in [0.29, 0.717) is 12.1 Å². The van der Waals surface area contributed by atoms with E-state index in [4.69, 9.17) is 4.74 Å². The first-order chi connectivity index (χ1) is 9.30. The Bertz CT molecular complexity index is 373. The van der Waals surface area contributed by atoms with Gasteiger partial charge in [-0.3, -0.25) is 0 Å². The molecule has 2 rings (SSSR count). The number of aryl methyl sites for hydroxylation is 1. The Hall–Kier alpha value is -0.870. The van der Waals surface area contributed by atoms with Gasteiger partial charge in [0, 0.05) is 38.0 Å². The van der Waals surface area contributed by atoms with Gasteiger partial charge in [-0.25, -0.2) is 4.98 Å². The van der Waals surface area contributed by atoms with Crippen LogP contribution in [0.4, 0.5) is 0 Å². The van der Waals surface area contributed by atoms with Crippen LogP contribution in [0.1, 0.15) is 39.4 Å². The molecule has 4 nitrogen and oxygen atoms in total. The predicted molar refractivity (Wildman–Crippen MR) is 77.2 cm³/mol. The highest BCUT2D eigenvalue weighted by Crippen LogP contribution is 2.36. The molecular formula is C15H27N3O. The van der Waals surface area contributed by atoms with Crippen molar-refractivity contribution in [2.45, 2.75) is 58.7 Å². The molecule has 2 unspecified atom stereocenters. The molecular weight excluding hydrogens is 238 g/mol. The molecule has 0 saturated heterocycles. The Morgan fingerprint density at radius 2 is 2.21 bits per heavy atom. The van der Waals surface area contributed by atoms with Gasteiger partial charge in [0.05, 0.1) is 6.10 Å². The molecule has 1 N–H and O–H groups in total. The quantitative estimate of drug-likeness (QED) is 0.744. The average Bonchev–Trinajstić information content (AvgIpc) is 3.15. The van der Waals surface area contributed by atoms with Gasteiger partial charge in [0.15, 0.2) is 0 Å². The van der Waals surface area contributed by atoms with Crippen LogP contribution in [0.2, 0.25) is 0 Å². The first-order valence-corrected chi connectivity index (χ1v) is 7.65. The summed E-state index contributed by atoms with van der Waals surface area (Å²) in [5.41, 5.74) is 0. The van der Waals surface area contributed by atoms with Gasteiger partial charge >= 0.3 is 0 Å². The average molecular weight is 265 g/mol. The van der Waals surface area contributed by atoms with E-state index in [1.165, 1.54) is 18.7 Å². The fourth-order valence-corrected chi connectivity index (χ4v) is 2.78. The maximum Gasteiger partial charge on any atom is 0.110 e. The van der Waals surface area contributed by atoms with Crippen molar-refractivity contribution in [3.05, 3.63) is 18.2 Å². The van der Waals surface area contributed by atoms with Gasteiger partial charge in [-0.2, -0.15) is 0 Å². The molecule has 1 saturated carbocycles. The maximum atomic E-state index is 6.00. The second-order valence-electron chi connectivity index (χ2n) is 5.26. The lowest BCUT2D eigenvalue weighted by Crippen LogP contribution is -2.44. The number of rotatable bonds is 9. The Morgan fingerprint density at radius 3 is 2.79 bits per heavy atom. The summed E-state index contributed by atoms with van der Waals surface area (Å²) in [7, 11) is 0. The van der Waals surface area contributed by atoms with Gasteiger partial charge in [0.1, 0.15) is 5.82 Å². The van der Waals surface area contributed by atoms with Crippen LogP contribution in [0.3, 0.4) is 0 Å². The third-order valence-electron chi connectivity index (χ3n) is 3.85. The smallest absolute Gasteiger partial charge is 0.110 e. The van der Waals surface area contributed by atoms with Crippen LogP contribution in [0.25, 0.3) is 0 Å². The zero-order valence-corrected chi connectivity index (χ0v) is 12.4. The summed E-state index contributed by atoms with van der Waals surface area (Å²) in [5, 5.41) is 3.60. The standard InChI is InChI=1S/C15H27N3O/c1-4-16-13(15(19-6-3)12-7-8-12)11-14-17-9-10-18(14)5-2/h9-10,12-13,15-16H,4-8,11H2,1-3H3. The highest BCUT2D eigenvalue weighted by Gasteiger charge is 2.37. The van der Waals surface area contributed by atoms with Crippen LogP contribution in [-0.2, 0) is 17.7 Å². The second-order valence-corrected chi connectivity index (χ2v) is 5.26. The minimum atomic E-state index is 0.340. The summed E-state index contributed by atoms with van der Waals surface area (Å²) in [6.07, 6.45) is 7.88. The van der Waals surface area contributed by atoms with Crippen LogP contribution in [-0.4, -0.2) is 34.8 Å². The number of hydrogen-bond acceptors (Lipinski definition) is 3. The highest BCUT2D eigenvalue weighted by molar-refractivity contribution is 5.00. The van der Waals surface area contributed by atoms with Gasteiger partial charge in [0.2, 0.25) is 0 Å². The molecule has 0 bridgehead atoms. The fourth-order valence-electron chi connectivity index (χ4n) is 2.78. The fraction of sp³-hybridized carbons (Fsp3) is 0.800. The summed E-state index contributed by atoms with van der Waals surface area (Å²) >= 11 is 0. The van der Waals surface area contributed by atoms with E-state index in [1.807, 2.05) is 6.20 Å². The van der Waals surface area contributed by atoms with Crippen molar-refractivity contribution < 1.29 is 4.74 Å². The maximum absolute atomic E-state index is 6.00. The normalized spacial score (nSPS) is 18.5. The number of ether oxygens (including phenoxy) is 1. The minimum Gasteiger partial charge on any atom is -0.377 e. The molecule has 1 heterocycles. The molecule has 0 radical (unpaired) electrons. The number of aromatic nitrogens is 2. The van der Waals surface area contributed by atoms with E-state index in [1.54, 1.807) is 0 Å². The monoisotopic (exact) mass is 265 g/mol. The van der Waals surface area contributed by atoms with E-state index >= 15 is 0 Å². The lowest BCUT2D eigenvalue weighted by Gasteiger charge is -2.27. The molecule has 2 atom stereocenters. The first kappa shape index (κ1) is 14.5. The van der Waals surface area contributed by atoms with E-state index < -0.39 is 0 Å². The lowest BCUT2D eigenvalue weighted by molar-refractivity contribution is 0.0189. The van der Waals surface area contributed by atoms with E-state index in [9.17, 15) is 0 Å². The van der Waals surface area contributed by atoms with Crippen molar-refractivity contribution in [3.63, 3.8) is 0 Å². The second kappa shape index (κ2) is 7.06. The molecule has 0 spiro atoms. The Morgan fingerprint density at radius 1 is 1.42 bits per heavy atom. The first-order valence-electron chi connectivity index (χ1n) is 7.65. The van der Waals surface area contributed by atoms with Crippen molar-refractivity contribution >= 4 is 0 Å². The van der Waals surface area contributed by atoms with Gasteiger partial charge in [-0.15, -0.1) is 0 Å². The van der Waals surface area contributed by atoms with E-state index in [0.717, 1.165) is 32.0 Å². The summed E-state index contributed by atoms with van der Waals surface area (Å²) < 4.78 is 8.23. The minimum absolute atomic E-state index is 0.340. The zero-order valence-electron chi connectivity index (χ0n) is 12.4. The molecule has 0 aliphatic heterocycles. The number of nitrogens with zero attached hydrogens (tertiary/aromatic N) is 2. The molecule has 0 aromatic carbocycles. The summed E-state index contributed by atoms with van der Waals surface area (Å²) in [5.74, 6) is 1.91. The van der Waals surface area contributed by atoms with Crippen molar-refractivity contribution in [1.82, 2.24) is 14.9 Å². The van der Waals surface area contributed by atoms with Crippen LogP contribution >= 0.6 is 0 Å². The van der Waals surface area contributed by atoms with Gasteiger partial charge in [0.25, 0.3) is 0 Å². The number of imidazole rings is 1. The van der Waals surface area contributed by atoms with Crippen molar-refractivity contribution in [3.8, 4) is 0 Å². The molecule has 0 amide bonds. The molecule has 1 aromatic heterocycles. The van der Waals surface area contributed by atoms with Crippen LogP contribution in [0.5, 0.6) is 0 Å². The van der Waals surface area contributed by atoms with Crippen LogP contribution < -0.4 is 5.32 Å². The van der Waals surface area contributed by atoms with E-state index in [2.05, 4.69) is 41.8 Å². The number of likely N-dealkylation sites (N-methyl/N-ethyl adjacent to an activating group) is 1. The predicted octanol–water partition coefficient (Wildman–Crippen LogP) is 2.24. The molecule has 1 aliphatic carbocycles. The molecule has 108 valence electrons. The van der Waals surface area contributed by atoms with Gasteiger partial charge in [-0.05, 0) is 39.2 Å². The Kier molecular flexibility index (Phi) is 5.40. The van der Waals surface area contributed by atoms with Crippen molar-refractivity contribution in [1.29, 1.82) is 0 Å². The highest BCUT2D eigenvalue weighted by atomic mass is 16.5. The lowest BCUT2D eigenvalue weighted by atomic mass is 10.0. The van der Waals surface area contributed by atoms with Crippen LogP contribution in [0.15, 0.2) is 12.4 Å². The summed E-state index contributed by atoms with van der Waals surface area (Å²) in [6.45, 7) is 9.17. The summed E-state index contributed by atoms with van der Waals surface area (Å²) in [4.78, 5) is 4.50. The number of nitrogens with one attached hydrogen (secondary N) is 1. The molecule has 4 heteroatoms. The topological polar surface area (TPSA) is 39.1 Å². The van der Waals surface area contributed by atoms with Crippen molar-refractivity contribution in [2.75, 3.05) is 13.2 Å². The summed E-state index contributed by atoms with van der Waals surface area (Å²) in [6, 6.07) is 0.380. The third kappa shape index (κ3) is 3.80. The molecule has 1 aliphatic rings. The van der Waals surface area contributed by atoms with Crippen LogP contribution in [0, 0.1) is 5.92 Å². The SMILES string of the molecule is CCNC(Cc1nccn1CC)C(OCC)C1CC1. The Balaban J connectivity index is 2.05. The molecule has 1 fully saturated rings. The Labute approximate surface area is 116 Å². The van der Waals surface area contributed by atoms with E-state index in [-0.39, 0.29) is 0 Å². The van der Waals surface area contributed by atoms with Gasteiger partial charge < -0.3 is 14.6 Å². The number of hydrogen-bond donors (Lipinski definition) is 1. The molecule has 1 aromatic rings.